The van der Waals surface area contributed by atoms with Gasteiger partial charge in [-0.05, 0) is 29.5 Å². The summed E-state index contributed by atoms with van der Waals surface area (Å²) >= 11 is 1.67. The molecule has 3 rings (SSSR count). The van der Waals surface area contributed by atoms with Crippen LogP contribution in [0.15, 0.2) is 53.9 Å². The first-order valence-electron chi connectivity index (χ1n) is 8.08. The van der Waals surface area contributed by atoms with Crippen molar-refractivity contribution in [2.75, 3.05) is 0 Å². The van der Waals surface area contributed by atoms with E-state index in [-0.39, 0.29) is 11.8 Å². The number of amides is 1. The van der Waals surface area contributed by atoms with Crippen LogP contribution in [0, 0.1) is 0 Å². The lowest BCUT2D eigenvalue weighted by atomic mass is 9.96. The summed E-state index contributed by atoms with van der Waals surface area (Å²) in [6.07, 6.45) is 0.779. The summed E-state index contributed by atoms with van der Waals surface area (Å²) in [6, 6.07) is 16.0. The molecule has 1 amide bonds. The molecule has 1 unspecified atom stereocenters. The second-order valence-electron chi connectivity index (χ2n) is 5.71. The largest absolute Gasteiger partial charge is 0.350 e. The van der Waals surface area contributed by atoms with Gasteiger partial charge in [0, 0.05) is 7.05 Å². The van der Waals surface area contributed by atoms with Crippen molar-refractivity contribution in [1.82, 2.24) is 15.1 Å². The van der Waals surface area contributed by atoms with Crippen molar-refractivity contribution >= 4 is 17.2 Å². The van der Waals surface area contributed by atoms with Crippen LogP contribution < -0.4 is 5.32 Å². The number of nitrogens with one attached hydrogen (secondary N) is 1. The maximum Gasteiger partial charge on any atom is 0.227 e. The Hall–Kier alpha value is -2.40. The first kappa shape index (κ1) is 16.5. The van der Waals surface area contributed by atoms with Crippen LogP contribution in [0.1, 0.15) is 30.5 Å². The molecule has 0 spiro atoms. The van der Waals surface area contributed by atoms with Crippen LogP contribution in [-0.4, -0.2) is 15.7 Å². The molecule has 0 bridgehead atoms. The van der Waals surface area contributed by atoms with Crippen molar-refractivity contribution in [2.24, 2.45) is 7.05 Å². The van der Waals surface area contributed by atoms with Gasteiger partial charge in [-0.15, -0.1) is 11.3 Å². The van der Waals surface area contributed by atoms with Crippen molar-refractivity contribution in [3.05, 3.63) is 65.2 Å². The average Bonchev–Trinajstić information content (AvgIpc) is 3.24. The van der Waals surface area contributed by atoms with Gasteiger partial charge in [-0.1, -0.05) is 43.3 Å². The van der Waals surface area contributed by atoms with Crippen LogP contribution in [0.4, 0.5) is 0 Å². The Morgan fingerprint density at radius 1 is 1.25 bits per heavy atom. The Labute approximate surface area is 146 Å². The molecule has 4 nitrogen and oxygen atoms in total. The third-order valence-corrected chi connectivity index (χ3v) is 5.01. The van der Waals surface area contributed by atoms with Crippen molar-refractivity contribution in [2.45, 2.75) is 25.8 Å². The number of thiophene rings is 1. The fourth-order valence-electron chi connectivity index (χ4n) is 2.77. The summed E-state index contributed by atoms with van der Waals surface area (Å²) in [4.78, 5) is 13.7. The zero-order chi connectivity index (χ0) is 16.9. The van der Waals surface area contributed by atoms with Gasteiger partial charge in [0.05, 0.1) is 23.0 Å². The Morgan fingerprint density at radius 2 is 2.04 bits per heavy atom. The summed E-state index contributed by atoms with van der Waals surface area (Å²) in [5.74, 6) is -0.0567. The predicted molar refractivity (Wildman–Crippen MR) is 97.8 cm³/mol. The molecule has 3 aromatic rings. The van der Waals surface area contributed by atoms with Gasteiger partial charge >= 0.3 is 0 Å². The smallest absolute Gasteiger partial charge is 0.227 e. The average molecular weight is 339 g/mol. The number of aryl methyl sites for hydroxylation is 1. The van der Waals surface area contributed by atoms with Gasteiger partial charge < -0.3 is 5.32 Å². The van der Waals surface area contributed by atoms with E-state index in [4.69, 9.17) is 0 Å². The lowest BCUT2D eigenvalue weighted by Gasteiger charge is -2.15. The Morgan fingerprint density at radius 3 is 2.71 bits per heavy atom. The lowest BCUT2D eigenvalue weighted by Crippen LogP contribution is -2.29. The van der Waals surface area contributed by atoms with Crippen molar-refractivity contribution in [3.8, 4) is 10.6 Å². The number of rotatable bonds is 6. The van der Waals surface area contributed by atoms with E-state index in [1.54, 1.807) is 11.3 Å². The van der Waals surface area contributed by atoms with E-state index in [0.717, 1.165) is 28.2 Å². The quantitative estimate of drug-likeness (QED) is 0.739. The molecular formula is C19H21N3OS. The monoisotopic (exact) mass is 339 g/mol. The van der Waals surface area contributed by atoms with Crippen LogP contribution in [0.5, 0.6) is 0 Å². The van der Waals surface area contributed by atoms with Gasteiger partial charge in [-0.3, -0.25) is 9.48 Å². The molecule has 2 heterocycles. The van der Waals surface area contributed by atoms with Gasteiger partial charge in [0.2, 0.25) is 5.91 Å². The number of aromatic nitrogens is 2. The van der Waals surface area contributed by atoms with E-state index in [1.807, 2.05) is 66.5 Å². The molecule has 0 aliphatic rings. The molecule has 2 aromatic heterocycles. The summed E-state index contributed by atoms with van der Waals surface area (Å²) in [5.41, 5.74) is 3.00. The van der Waals surface area contributed by atoms with E-state index in [2.05, 4.69) is 16.5 Å². The SMILES string of the molecule is CCC(C(=O)NCc1cc(-c2cccs2)nn1C)c1ccccc1. The highest BCUT2D eigenvalue weighted by Crippen LogP contribution is 2.24. The highest BCUT2D eigenvalue weighted by Gasteiger charge is 2.18. The number of nitrogens with zero attached hydrogens (tertiary/aromatic N) is 2. The topological polar surface area (TPSA) is 46.9 Å². The van der Waals surface area contributed by atoms with Crippen LogP contribution in [0.2, 0.25) is 0 Å². The fraction of sp³-hybridized carbons (Fsp3) is 0.263. The van der Waals surface area contributed by atoms with E-state index >= 15 is 0 Å². The molecule has 124 valence electrons. The highest BCUT2D eigenvalue weighted by molar-refractivity contribution is 7.13. The number of hydrogen-bond acceptors (Lipinski definition) is 3. The van der Waals surface area contributed by atoms with E-state index in [1.165, 1.54) is 0 Å². The molecule has 0 radical (unpaired) electrons. The highest BCUT2D eigenvalue weighted by atomic mass is 32.1. The van der Waals surface area contributed by atoms with E-state index in [9.17, 15) is 4.79 Å². The van der Waals surface area contributed by atoms with Gasteiger partial charge in [0.25, 0.3) is 0 Å². The molecular weight excluding hydrogens is 318 g/mol. The zero-order valence-electron chi connectivity index (χ0n) is 13.9. The van der Waals surface area contributed by atoms with Crippen LogP contribution in [0.25, 0.3) is 10.6 Å². The summed E-state index contributed by atoms with van der Waals surface area (Å²) in [6.45, 7) is 2.52. The Balaban J connectivity index is 1.68. The molecule has 1 atom stereocenters. The summed E-state index contributed by atoms with van der Waals surface area (Å²) in [7, 11) is 1.91. The third-order valence-electron chi connectivity index (χ3n) is 4.12. The first-order valence-corrected chi connectivity index (χ1v) is 8.96. The van der Waals surface area contributed by atoms with E-state index < -0.39 is 0 Å². The normalized spacial score (nSPS) is 12.1. The minimum Gasteiger partial charge on any atom is -0.350 e. The molecule has 0 aliphatic carbocycles. The van der Waals surface area contributed by atoms with Crippen LogP contribution >= 0.6 is 11.3 Å². The molecule has 1 aromatic carbocycles. The summed E-state index contributed by atoms with van der Waals surface area (Å²) < 4.78 is 1.83. The fourth-order valence-corrected chi connectivity index (χ4v) is 3.46. The second-order valence-corrected chi connectivity index (χ2v) is 6.66. The molecule has 0 saturated carbocycles. The van der Waals surface area contributed by atoms with Crippen molar-refractivity contribution in [1.29, 1.82) is 0 Å². The number of benzene rings is 1. The molecule has 24 heavy (non-hydrogen) atoms. The molecule has 0 saturated heterocycles. The van der Waals surface area contributed by atoms with Gasteiger partial charge in [0.15, 0.2) is 0 Å². The summed E-state index contributed by atoms with van der Waals surface area (Å²) in [5, 5.41) is 9.62. The molecule has 0 fully saturated rings. The van der Waals surface area contributed by atoms with Gasteiger partial charge in [-0.25, -0.2) is 0 Å². The zero-order valence-corrected chi connectivity index (χ0v) is 14.7. The minimum atomic E-state index is -0.115. The van der Waals surface area contributed by atoms with Crippen molar-refractivity contribution in [3.63, 3.8) is 0 Å². The molecule has 5 heteroatoms. The maximum atomic E-state index is 12.6. The van der Waals surface area contributed by atoms with E-state index in [0.29, 0.717) is 6.54 Å². The Kier molecular flexibility index (Phi) is 5.11. The molecule has 0 aliphatic heterocycles. The van der Waals surface area contributed by atoms with Crippen molar-refractivity contribution < 1.29 is 4.79 Å². The van der Waals surface area contributed by atoms with Gasteiger partial charge in [0.1, 0.15) is 5.69 Å². The van der Waals surface area contributed by atoms with Crippen LogP contribution in [0.3, 0.4) is 0 Å². The lowest BCUT2D eigenvalue weighted by molar-refractivity contribution is -0.122. The Bertz CT molecular complexity index is 793. The van der Waals surface area contributed by atoms with Crippen LogP contribution in [-0.2, 0) is 18.4 Å². The first-order chi connectivity index (χ1) is 11.7. The molecule has 1 N–H and O–H groups in total. The predicted octanol–water partition coefficient (Wildman–Crippen LogP) is 3.96. The second kappa shape index (κ2) is 7.45. The maximum absolute atomic E-state index is 12.6. The third kappa shape index (κ3) is 3.57. The number of carbonyl (C=O) groups excluding carboxylic acids is 1. The number of carbonyl (C=O) groups is 1. The minimum absolute atomic E-state index is 0.0579. The standard InChI is InChI=1S/C19H21N3OS/c1-3-16(14-8-5-4-6-9-14)19(23)20-13-15-12-17(21-22(15)2)18-10-7-11-24-18/h4-12,16H,3,13H2,1-2H3,(H,20,23). The number of hydrogen-bond donors (Lipinski definition) is 1. The van der Waals surface area contributed by atoms with Gasteiger partial charge in [-0.2, -0.15) is 5.10 Å².